The third kappa shape index (κ3) is 3.27. The lowest BCUT2D eigenvalue weighted by molar-refractivity contribution is -0.149. The zero-order valence-corrected chi connectivity index (χ0v) is 12.7. The lowest BCUT2D eigenvalue weighted by atomic mass is 9.94. The number of hydrogen-bond donors (Lipinski definition) is 1. The number of amides is 1. The fourth-order valence-electron chi connectivity index (χ4n) is 3.24. The van der Waals surface area contributed by atoms with E-state index >= 15 is 0 Å². The van der Waals surface area contributed by atoms with E-state index in [0.29, 0.717) is 13.2 Å². The standard InChI is InChI=1S/C17H24N2O2/c1-13-5-7-14(8-6-13)15-4-2-3-10-19(15)17(20)16-12-18-9-11-21-16/h5-8,15-16,18H,2-4,9-12H2,1H3. The van der Waals surface area contributed by atoms with Crippen LogP contribution in [0.2, 0.25) is 0 Å². The van der Waals surface area contributed by atoms with Crippen molar-refractivity contribution in [1.82, 2.24) is 10.2 Å². The minimum atomic E-state index is -0.315. The Bertz CT molecular complexity index is 480. The van der Waals surface area contributed by atoms with Crippen molar-refractivity contribution in [1.29, 1.82) is 0 Å². The Morgan fingerprint density at radius 2 is 2.10 bits per heavy atom. The molecule has 2 unspecified atom stereocenters. The van der Waals surface area contributed by atoms with Gasteiger partial charge in [-0.2, -0.15) is 0 Å². The molecule has 4 nitrogen and oxygen atoms in total. The second-order valence-corrected chi connectivity index (χ2v) is 6.02. The molecule has 2 aliphatic heterocycles. The molecule has 2 heterocycles. The minimum absolute atomic E-state index is 0.146. The van der Waals surface area contributed by atoms with Crippen molar-refractivity contribution in [2.75, 3.05) is 26.2 Å². The number of likely N-dealkylation sites (tertiary alicyclic amines) is 1. The van der Waals surface area contributed by atoms with E-state index in [1.165, 1.54) is 17.5 Å². The summed E-state index contributed by atoms with van der Waals surface area (Å²) in [5.41, 5.74) is 2.50. The van der Waals surface area contributed by atoms with Crippen LogP contribution >= 0.6 is 0 Å². The van der Waals surface area contributed by atoms with Gasteiger partial charge in [-0.15, -0.1) is 0 Å². The Hall–Kier alpha value is -1.39. The maximum Gasteiger partial charge on any atom is 0.253 e. The lowest BCUT2D eigenvalue weighted by Gasteiger charge is -2.39. The van der Waals surface area contributed by atoms with Crippen LogP contribution in [0.25, 0.3) is 0 Å². The largest absolute Gasteiger partial charge is 0.366 e. The molecule has 2 atom stereocenters. The number of carbonyl (C=O) groups is 1. The number of ether oxygens (including phenoxy) is 1. The molecule has 21 heavy (non-hydrogen) atoms. The van der Waals surface area contributed by atoms with Crippen LogP contribution in [-0.2, 0) is 9.53 Å². The van der Waals surface area contributed by atoms with Crippen LogP contribution in [-0.4, -0.2) is 43.2 Å². The second kappa shape index (κ2) is 6.58. The number of morpholine rings is 1. The summed E-state index contributed by atoms with van der Waals surface area (Å²) in [5, 5.41) is 3.24. The molecule has 1 aromatic carbocycles. The molecule has 1 aromatic rings. The van der Waals surface area contributed by atoms with Gasteiger partial charge in [0.05, 0.1) is 12.6 Å². The van der Waals surface area contributed by atoms with Gasteiger partial charge in [-0.1, -0.05) is 29.8 Å². The summed E-state index contributed by atoms with van der Waals surface area (Å²) < 4.78 is 5.64. The summed E-state index contributed by atoms with van der Waals surface area (Å²) in [6.07, 6.45) is 3.01. The van der Waals surface area contributed by atoms with E-state index in [4.69, 9.17) is 4.74 Å². The molecule has 0 aromatic heterocycles. The van der Waals surface area contributed by atoms with Crippen LogP contribution in [0, 0.1) is 6.92 Å². The molecule has 0 radical (unpaired) electrons. The summed E-state index contributed by atoms with van der Waals surface area (Å²) in [6.45, 7) is 5.03. The topological polar surface area (TPSA) is 41.6 Å². The average Bonchev–Trinajstić information content (AvgIpc) is 2.56. The molecular weight excluding hydrogens is 264 g/mol. The highest BCUT2D eigenvalue weighted by Crippen LogP contribution is 2.31. The average molecular weight is 288 g/mol. The molecule has 4 heteroatoms. The van der Waals surface area contributed by atoms with Crippen molar-refractivity contribution < 1.29 is 9.53 Å². The van der Waals surface area contributed by atoms with Gasteiger partial charge >= 0.3 is 0 Å². The van der Waals surface area contributed by atoms with Crippen molar-refractivity contribution in [2.45, 2.75) is 38.3 Å². The monoisotopic (exact) mass is 288 g/mol. The van der Waals surface area contributed by atoms with E-state index in [9.17, 15) is 4.79 Å². The highest BCUT2D eigenvalue weighted by atomic mass is 16.5. The Morgan fingerprint density at radius 1 is 1.29 bits per heavy atom. The molecule has 1 N–H and O–H groups in total. The molecule has 114 valence electrons. The minimum Gasteiger partial charge on any atom is -0.366 e. The lowest BCUT2D eigenvalue weighted by Crippen LogP contribution is -2.51. The summed E-state index contributed by atoms with van der Waals surface area (Å²) in [4.78, 5) is 14.8. The fraction of sp³-hybridized carbons (Fsp3) is 0.588. The molecule has 2 fully saturated rings. The summed E-state index contributed by atoms with van der Waals surface area (Å²) in [7, 11) is 0. The predicted octanol–water partition coefficient (Wildman–Crippen LogP) is 2.04. The third-order valence-electron chi connectivity index (χ3n) is 4.45. The maximum atomic E-state index is 12.8. The van der Waals surface area contributed by atoms with Crippen LogP contribution in [0.5, 0.6) is 0 Å². The van der Waals surface area contributed by atoms with Crippen molar-refractivity contribution in [2.24, 2.45) is 0 Å². The maximum absolute atomic E-state index is 12.8. The summed E-state index contributed by atoms with van der Waals surface area (Å²) in [6, 6.07) is 8.78. The molecule has 2 aliphatic rings. The number of nitrogens with zero attached hydrogens (tertiary/aromatic N) is 1. The number of benzene rings is 1. The van der Waals surface area contributed by atoms with Crippen molar-refractivity contribution in [3.05, 3.63) is 35.4 Å². The molecule has 0 spiro atoms. The van der Waals surface area contributed by atoms with E-state index in [1.807, 2.05) is 4.90 Å². The van der Waals surface area contributed by atoms with Gasteiger partial charge in [0.15, 0.2) is 0 Å². The van der Waals surface area contributed by atoms with E-state index in [-0.39, 0.29) is 18.1 Å². The highest BCUT2D eigenvalue weighted by molar-refractivity contribution is 5.82. The van der Waals surface area contributed by atoms with E-state index < -0.39 is 0 Å². The molecule has 0 saturated carbocycles. The van der Waals surface area contributed by atoms with Gasteiger partial charge in [0.1, 0.15) is 6.10 Å². The molecule has 1 amide bonds. The number of nitrogens with one attached hydrogen (secondary N) is 1. The van der Waals surface area contributed by atoms with Crippen LogP contribution < -0.4 is 5.32 Å². The first-order valence-electron chi connectivity index (χ1n) is 7.95. The first-order chi connectivity index (χ1) is 10.3. The van der Waals surface area contributed by atoms with Crippen molar-refractivity contribution in [3.8, 4) is 0 Å². The van der Waals surface area contributed by atoms with Gasteiger partial charge in [0.25, 0.3) is 5.91 Å². The Balaban J connectivity index is 1.77. The summed E-state index contributed by atoms with van der Waals surface area (Å²) in [5.74, 6) is 0.146. The molecule has 0 aliphatic carbocycles. The molecule has 3 rings (SSSR count). The van der Waals surface area contributed by atoms with Gasteiger partial charge < -0.3 is 15.0 Å². The van der Waals surface area contributed by atoms with E-state index in [2.05, 4.69) is 36.5 Å². The molecule has 2 saturated heterocycles. The second-order valence-electron chi connectivity index (χ2n) is 6.02. The van der Waals surface area contributed by atoms with Gasteiger partial charge in [-0.3, -0.25) is 4.79 Å². The predicted molar refractivity (Wildman–Crippen MR) is 82.1 cm³/mol. The number of rotatable bonds is 2. The highest BCUT2D eigenvalue weighted by Gasteiger charge is 2.33. The van der Waals surface area contributed by atoms with Crippen molar-refractivity contribution >= 4 is 5.91 Å². The van der Waals surface area contributed by atoms with E-state index in [0.717, 1.165) is 25.9 Å². The first-order valence-corrected chi connectivity index (χ1v) is 7.95. The fourth-order valence-corrected chi connectivity index (χ4v) is 3.24. The number of piperidine rings is 1. The Kier molecular flexibility index (Phi) is 4.56. The van der Waals surface area contributed by atoms with Crippen LogP contribution in [0.4, 0.5) is 0 Å². The van der Waals surface area contributed by atoms with Gasteiger partial charge in [-0.25, -0.2) is 0 Å². The number of hydrogen-bond acceptors (Lipinski definition) is 3. The number of carbonyl (C=O) groups excluding carboxylic acids is 1. The van der Waals surface area contributed by atoms with Crippen LogP contribution in [0.3, 0.4) is 0 Å². The van der Waals surface area contributed by atoms with Crippen molar-refractivity contribution in [3.63, 3.8) is 0 Å². The third-order valence-corrected chi connectivity index (χ3v) is 4.45. The Labute approximate surface area is 126 Å². The van der Waals surface area contributed by atoms with E-state index in [1.54, 1.807) is 0 Å². The van der Waals surface area contributed by atoms with Gasteiger partial charge in [0.2, 0.25) is 0 Å². The number of aryl methyl sites for hydroxylation is 1. The van der Waals surface area contributed by atoms with Crippen LogP contribution in [0.1, 0.15) is 36.4 Å². The van der Waals surface area contributed by atoms with Gasteiger partial charge in [-0.05, 0) is 31.7 Å². The zero-order valence-electron chi connectivity index (χ0n) is 12.7. The Morgan fingerprint density at radius 3 is 2.81 bits per heavy atom. The van der Waals surface area contributed by atoms with Gasteiger partial charge in [0, 0.05) is 19.6 Å². The SMILES string of the molecule is Cc1ccc(C2CCCCN2C(=O)C2CNCCO2)cc1. The zero-order chi connectivity index (χ0) is 14.7. The normalized spacial score (nSPS) is 26.6. The smallest absolute Gasteiger partial charge is 0.253 e. The van der Waals surface area contributed by atoms with Crippen LogP contribution in [0.15, 0.2) is 24.3 Å². The first kappa shape index (κ1) is 14.5. The molecular formula is C17H24N2O2. The summed E-state index contributed by atoms with van der Waals surface area (Å²) >= 11 is 0. The molecule has 0 bridgehead atoms. The quantitative estimate of drug-likeness (QED) is 0.905.